The number of nitrogens with two attached hydrogens (primary N) is 1. The van der Waals surface area contributed by atoms with E-state index in [-0.39, 0.29) is 23.6 Å². The molecule has 2 rings (SSSR count). The molecule has 0 aliphatic rings. The summed E-state index contributed by atoms with van der Waals surface area (Å²) < 4.78 is 31.5. The molecule has 0 unspecified atom stereocenters. The first-order valence-electron chi connectivity index (χ1n) is 6.60. The summed E-state index contributed by atoms with van der Waals surface area (Å²) >= 11 is 0. The lowest BCUT2D eigenvalue weighted by Gasteiger charge is -2.09. The van der Waals surface area contributed by atoms with Crippen LogP contribution in [0.1, 0.15) is 10.4 Å². The van der Waals surface area contributed by atoms with Gasteiger partial charge in [0.2, 0.25) is 0 Å². The van der Waals surface area contributed by atoms with E-state index in [1.807, 2.05) is 0 Å². The third-order valence-electron chi connectivity index (χ3n) is 3.12. The number of nitrogens with one attached hydrogen (secondary N) is 2. The number of hydrogen-bond acceptors (Lipinski definition) is 6. The molecule has 0 saturated carbocycles. The van der Waals surface area contributed by atoms with Crippen LogP contribution in [-0.4, -0.2) is 28.4 Å². The molecule has 1 heterocycles. The zero-order valence-corrected chi connectivity index (χ0v) is 13.3. The highest BCUT2D eigenvalue weighted by molar-refractivity contribution is 7.85. The van der Waals surface area contributed by atoms with Gasteiger partial charge in [-0.2, -0.15) is 8.42 Å². The largest absolute Gasteiger partial charge is 0.383 e. The molecule has 130 valence electrons. The summed E-state index contributed by atoms with van der Waals surface area (Å²) in [6.45, 7) is -0.319. The van der Waals surface area contributed by atoms with Crippen molar-refractivity contribution in [2.24, 2.45) is 0 Å². The number of carbonyl (C=O) groups excluding carboxylic acids is 1. The molecule has 1 aromatic carbocycles. The van der Waals surface area contributed by atoms with Crippen LogP contribution in [-0.2, 0) is 16.7 Å². The molecule has 5 N–H and O–H groups in total. The molecule has 0 fully saturated rings. The minimum absolute atomic E-state index is 0.0131. The number of hydrogen-bond donors (Lipinski definition) is 4. The van der Waals surface area contributed by atoms with Gasteiger partial charge in [-0.25, -0.2) is 9.36 Å². The van der Waals surface area contributed by atoms with Crippen molar-refractivity contribution >= 4 is 27.5 Å². The molecule has 0 saturated heterocycles. The standard InChI is InChI=1S/C14H12N4O6S/c1-2-7-18-13(20)10(11(15)17-14(18)21)16-12(19)8-3-5-9(6-4-8)25(22,23)24/h1,3-6H,7,15H2,(H,16,19)(H,17,21)(H,22,23,24). The number of H-pyrrole nitrogens is 1. The number of aromatic nitrogens is 2. The number of terminal acetylenes is 1. The van der Waals surface area contributed by atoms with Crippen LogP contribution in [0, 0.1) is 12.3 Å². The molecule has 1 aromatic heterocycles. The predicted molar refractivity (Wildman–Crippen MR) is 88.8 cm³/mol. The predicted octanol–water partition coefficient (Wildman–Crippen LogP) is -0.749. The molecule has 0 bridgehead atoms. The van der Waals surface area contributed by atoms with E-state index in [0.717, 1.165) is 24.3 Å². The van der Waals surface area contributed by atoms with E-state index in [2.05, 4.69) is 16.2 Å². The first kappa shape index (κ1) is 18.0. The fourth-order valence-electron chi connectivity index (χ4n) is 1.91. The monoisotopic (exact) mass is 364 g/mol. The molecular weight excluding hydrogens is 352 g/mol. The highest BCUT2D eigenvalue weighted by Crippen LogP contribution is 2.13. The molecule has 1 amide bonds. The van der Waals surface area contributed by atoms with Crippen molar-refractivity contribution in [1.82, 2.24) is 9.55 Å². The van der Waals surface area contributed by atoms with Gasteiger partial charge in [0.15, 0.2) is 0 Å². The van der Waals surface area contributed by atoms with Crippen LogP contribution in [0.25, 0.3) is 0 Å². The Morgan fingerprint density at radius 2 is 1.92 bits per heavy atom. The second-order valence-corrected chi connectivity index (χ2v) is 6.19. The first-order valence-corrected chi connectivity index (χ1v) is 8.04. The van der Waals surface area contributed by atoms with E-state index < -0.39 is 32.2 Å². The summed E-state index contributed by atoms with van der Waals surface area (Å²) in [5.74, 6) is 0.984. The summed E-state index contributed by atoms with van der Waals surface area (Å²) in [5, 5.41) is 2.23. The maximum absolute atomic E-state index is 12.2. The van der Waals surface area contributed by atoms with Crippen molar-refractivity contribution in [3.05, 3.63) is 50.7 Å². The van der Waals surface area contributed by atoms with Crippen molar-refractivity contribution < 1.29 is 17.8 Å². The average molecular weight is 364 g/mol. The van der Waals surface area contributed by atoms with Crippen molar-refractivity contribution in [3.63, 3.8) is 0 Å². The number of anilines is 2. The average Bonchev–Trinajstić information content (AvgIpc) is 2.54. The van der Waals surface area contributed by atoms with Gasteiger partial charge in [-0.15, -0.1) is 6.42 Å². The Morgan fingerprint density at radius 3 is 2.44 bits per heavy atom. The van der Waals surface area contributed by atoms with Crippen molar-refractivity contribution in [2.75, 3.05) is 11.1 Å². The van der Waals surface area contributed by atoms with E-state index in [1.54, 1.807) is 0 Å². The molecule has 0 aliphatic carbocycles. The van der Waals surface area contributed by atoms with Crippen LogP contribution in [0.5, 0.6) is 0 Å². The zero-order chi connectivity index (χ0) is 18.8. The number of rotatable bonds is 4. The van der Waals surface area contributed by atoms with E-state index in [1.165, 1.54) is 0 Å². The fraction of sp³-hybridized carbons (Fsp3) is 0.0714. The highest BCUT2D eigenvalue weighted by atomic mass is 32.2. The topological polar surface area (TPSA) is 164 Å². The number of nitrogens with zero attached hydrogens (tertiary/aromatic N) is 1. The second kappa shape index (κ2) is 6.63. The minimum Gasteiger partial charge on any atom is -0.383 e. The van der Waals surface area contributed by atoms with E-state index in [0.29, 0.717) is 4.57 Å². The van der Waals surface area contributed by atoms with Gasteiger partial charge in [-0.05, 0) is 24.3 Å². The van der Waals surface area contributed by atoms with Crippen LogP contribution < -0.4 is 22.3 Å². The summed E-state index contributed by atoms with van der Waals surface area (Å²) in [5.41, 5.74) is 3.45. The SMILES string of the molecule is C#CCn1c(=O)[nH]c(N)c(NC(=O)c2ccc(S(=O)(=O)O)cc2)c1=O. The maximum atomic E-state index is 12.2. The molecule has 0 radical (unpaired) electrons. The molecule has 25 heavy (non-hydrogen) atoms. The Bertz CT molecular complexity index is 1090. The first-order chi connectivity index (χ1) is 11.6. The van der Waals surface area contributed by atoms with Gasteiger partial charge >= 0.3 is 5.69 Å². The van der Waals surface area contributed by atoms with Crippen LogP contribution in [0.2, 0.25) is 0 Å². The summed E-state index contributed by atoms with van der Waals surface area (Å²) in [7, 11) is -4.40. The van der Waals surface area contributed by atoms with Crippen LogP contribution in [0.4, 0.5) is 11.5 Å². The molecule has 2 aromatic rings. The number of carbonyl (C=O) groups is 1. The fourth-order valence-corrected chi connectivity index (χ4v) is 2.39. The smallest absolute Gasteiger partial charge is 0.330 e. The van der Waals surface area contributed by atoms with Crippen LogP contribution in [0.15, 0.2) is 38.8 Å². The zero-order valence-electron chi connectivity index (χ0n) is 12.5. The molecule has 10 nitrogen and oxygen atoms in total. The van der Waals surface area contributed by atoms with Crippen molar-refractivity contribution in [2.45, 2.75) is 11.4 Å². The number of amides is 1. The molecule has 11 heteroatoms. The number of benzene rings is 1. The number of aromatic amines is 1. The maximum Gasteiger partial charge on any atom is 0.330 e. The quantitative estimate of drug-likeness (QED) is 0.409. The van der Waals surface area contributed by atoms with E-state index >= 15 is 0 Å². The normalized spacial score (nSPS) is 10.9. The van der Waals surface area contributed by atoms with Gasteiger partial charge in [-0.3, -0.25) is 19.1 Å². The van der Waals surface area contributed by atoms with Gasteiger partial charge in [0.25, 0.3) is 21.6 Å². The Balaban J connectivity index is 2.39. The van der Waals surface area contributed by atoms with Gasteiger partial charge in [0.05, 0.1) is 11.4 Å². The summed E-state index contributed by atoms with van der Waals surface area (Å²) in [6, 6.07) is 4.27. The van der Waals surface area contributed by atoms with Gasteiger partial charge in [0.1, 0.15) is 11.5 Å². The lowest BCUT2D eigenvalue weighted by atomic mass is 10.2. The summed E-state index contributed by atoms with van der Waals surface area (Å²) in [4.78, 5) is 37.8. The Kier molecular flexibility index (Phi) is 4.77. The third-order valence-corrected chi connectivity index (χ3v) is 3.99. The molecule has 0 atom stereocenters. The van der Waals surface area contributed by atoms with Crippen LogP contribution >= 0.6 is 0 Å². The highest BCUT2D eigenvalue weighted by Gasteiger charge is 2.16. The molecular formula is C14H12N4O6S. The second-order valence-electron chi connectivity index (χ2n) is 4.77. The lowest BCUT2D eigenvalue weighted by molar-refractivity contribution is 0.102. The molecule has 0 aliphatic heterocycles. The molecule has 0 spiro atoms. The Morgan fingerprint density at radius 1 is 1.32 bits per heavy atom. The Hall–Kier alpha value is -3.36. The van der Waals surface area contributed by atoms with Gasteiger partial charge in [-0.1, -0.05) is 5.92 Å². The van der Waals surface area contributed by atoms with Crippen molar-refractivity contribution in [3.8, 4) is 12.3 Å². The van der Waals surface area contributed by atoms with Crippen LogP contribution in [0.3, 0.4) is 0 Å². The minimum atomic E-state index is -4.40. The van der Waals surface area contributed by atoms with E-state index in [4.69, 9.17) is 16.7 Å². The van der Waals surface area contributed by atoms with Gasteiger partial charge in [0, 0.05) is 5.56 Å². The van der Waals surface area contributed by atoms with E-state index in [9.17, 15) is 22.8 Å². The number of nitrogen functional groups attached to an aromatic ring is 1. The lowest BCUT2D eigenvalue weighted by Crippen LogP contribution is -2.38. The Labute approximate surface area is 141 Å². The third kappa shape index (κ3) is 3.77. The van der Waals surface area contributed by atoms with Crippen molar-refractivity contribution in [1.29, 1.82) is 0 Å². The van der Waals surface area contributed by atoms with Gasteiger partial charge < -0.3 is 11.1 Å². The summed E-state index contributed by atoms with van der Waals surface area (Å²) in [6.07, 6.45) is 5.08.